The van der Waals surface area contributed by atoms with Crippen LogP contribution in [0.25, 0.3) is 0 Å². The van der Waals surface area contributed by atoms with E-state index in [9.17, 15) is 14.0 Å². The van der Waals surface area contributed by atoms with E-state index in [-0.39, 0.29) is 24.2 Å². The summed E-state index contributed by atoms with van der Waals surface area (Å²) in [6, 6.07) is 13.9. The zero-order chi connectivity index (χ0) is 20.1. The van der Waals surface area contributed by atoms with Gasteiger partial charge in [-0.05, 0) is 48.6 Å². The molecule has 28 heavy (non-hydrogen) atoms. The van der Waals surface area contributed by atoms with Gasteiger partial charge < -0.3 is 10.2 Å². The third kappa shape index (κ3) is 4.08. The lowest BCUT2D eigenvalue weighted by atomic mass is 9.77. The summed E-state index contributed by atoms with van der Waals surface area (Å²) in [4.78, 5) is 27.4. The number of halogens is 1. The number of para-hydroxylation sites is 1. The molecule has 5 heteroatoms. The molecule has 4 nitrogen and oxygen atoms in total. The number of carbonyl (C=O) groups excluding carboxylic acids is 2. The molecule has 2 amide bonds. The van der Waals surface area contributed by atoms with Gasteiger partial charge >= 0.3 is 0 Å². The number of nitrogens with zero attached hydrogens (tertiary/aromatic N) is 1. The standard InChI is InChI=1S/C23H27FN2O2/c1-3-17-8-4-5-9-20(17)25-21(27)16-26(2)22(28)23(14-6-7-15-23)18-10-12-19(24)13-11-18/h4-5,8-13H,3,6-7,14-16H2,1-2H3,(H,25,27). The molecule has 1 fully saturated rings. The number of hydrogen-bond donors (Lipinski definition) is 1. The van der Waals surface area contributed by atoms with Crippen LogP contribution < -0.4 is 5.32 Å². The number of hydrogen-bond acceptors (Lipinski definition) is 2. The van der Waals surface area contributed by atoms with Crippen LogP contribution in [-0.4, -0.2) is 30.3 Å². The zero-order valence-electron chi connectivity index (χ0n) is 16.5. The van der Waals surface area contributed by atoms with E-state index in [1.54, 1.807) is 19.2 Å². The second-order valence-corrected chi connectivity index (χ2v) is 7.52. The first-order chi connectivity index (χ1) is 13.5. The highest BCUT2D eigenvalue weighted by molar-refractivity contribution is 5.97. The molecule has 1 N–H and O–H groups in total. The van der Waals surface area contributed by atoms with Crippen LogP contribution in [0, 0.1) is 5.82 Å². The molecule has 2 aromatic carbocycles. The second kappa shape index (κ2) is 8.55. The molecule has 0 aromatic heterocycles. The lowest BCUT2D eigenvalue weighted by molar-refractivity contribution is -0.138. The lowest BCUT2D eigenvalue weighted by Gasteiger charge is -2.32. The predicted octanol–water partition coefficient (Wildman–Crippen LogP) is 4.30. The van der Waals surface area contributed by atoms with Crippen LogP contribution in [0.15, 0.2) is 48.5 Å². The summed E-state index contributed by atoms with van der Waals surface area (Å²) < 4.78 is 13.4. The number of nitrogens with one attached hydrogen (secondary N) is 1. The molecule has 0 atom stereocenters. The number of benzene rings is 2. The van der Waals surface area contributed by atoms with Gasteiger partial charge in [0, 0.05) is 12.7 Å². The molecular weight excluding hydrogens is 355 g/mol. The summed E-state index contributed by atoms with van der Waals surface area (Å²) in [7, 11) is 1.66. The third-order valence-electron chi connectivity index (χ3n) is 5.66. The Kier molecular flexibility index (Phi) is 6.12. The normalized spacial score (nSPS) is 15.2. The van der Waals surface area contributed by atoms with Crippen LogP contribution in [-0.2, 0) is 21.4 Å². The van der Waals surface area contributed by atoms with E-state index < -0.39 is 5.41 Å². The highest BCUT2D eigenvalue weighted by Crippen LogP contribution is 2.42. The van der Waals surface area contributed by atoms with Crippen LogP contribution in [0.2, 0.25) is 0 Å². The van der Waals surface area contributed by atoms with Crippen molar-refractivity contribution in [3.8, 4) is 0 Å². The van der Waals surface area contributed by atoms with Crippen LogP contribution >= 0.6 is 0 Å². The second-order valence-electron chi connectivity index (χ2n) is 7.52. The number of aryl methyl sites for hydroxylation is 1. The van der Waals surface area contributed by atoms with E-state index in [0.29, 0.717) is 0 Å². The summed E-state index contributed by atoms with van der Waals surface area (Å²) in [6.45, 7) is 2.02. The summed E-state index contributed by atoms with van der Waals surface area (Å²) in [5, 5.41) is 2.92. The smallest absolute Gasteiger partial charge is 0.243 e. The number of amides is 2. The van der Waals surface area contributed by atoms with E-state index in [4.69, 9.17) is 0 Å². The summed E-state index contributed by atoms with van der Waals surface area (Å²) in [5.74, 6) is -0.605. The Morgan fingerprint density at radius 2 is 1.71 bits per heavy atom. The fourth-order valence-electron chi connectivity index (χ4n) is 4.17. The van der Waals surface area contributed by atoms with Gasteiger partial charge in [0.1, 0.15) is 5.82 Å². The molecule has 0 aliphatic heterocycles. The molecule has 1 aliphatic carbocycles. The fraction of sp³-hybridized carbons (Fsp3) is 0.391. The van der Waals surface area contributed by atoms with Crippen LogP contribution in [0.4, 0.5) is 10.1 Å². The van der Waals surface area contributed by atoms with Gasteiger partial charge in [-0.15, -0.1) is 0 Å². The molecule has 1 aliphatic rings. The van der Waals surface area contributed by atoms with Gasteiger partial charge in [0.05, 0.1) is 12.0 Å². The summed E-state index contributed by atoms with van der Waals surface area (Å²) in [5.41, 5.74) is 2.01. The molecule has 1 saturated carbocycles. The van der Waals surface area contributed by atoms with Crippen molar-refractivity contribution < 1.29 is 14.0 Å². The minimum absolute atomic E-state index is 0.0141. The van der Waals surface area contributed by atoms with Crippen LogP contribution in [0.1, 0.15) is 43.7 Å². The van der Waals surface area contributed by atoms with E-state index in [2.05, 4.69) is 5.32 Å². The topological polar surface area (TPSA) is 49.4 Å². The maximum absolute atomic E-state index is 13.4. The minimum Gasteiger partial charge on any atom is -0.336 e. The fourth-order valence-corrected chi connectivity index (χ4v) is 4.17. The molecule has 0 spiro atoms. The zero-order valence-corrected chi connectivity index (χ0v) is 16.5. The van der Waals surface area contributed by atoms with Gasteiger partial charge in [0.25, 0.3) is 0 Å². The summed E-state index contributed by atoms with van der Waals surface area (Å²) in [6.07, 6.45) is 4.17. The Hall–Kier alpha value is -2.69. The van der Waals surface area contributed by atoms with Gasteiger partial charge in [-0.2, -0.15) is 0 Å². The average molecular weight is 382 g/mol. The summed E-state index contributed by atoms with van der Waals surface area (Å²) >= 11 is 0. The first kappa shape index (κ1) is 20.1. The molecule has 2 aromatic rings. The van der Waals surface area contributed by atoms with E-state index >= 15 is 0 Å². The highest BCUT2D eigenvalue weighted by atomic mass is 19.1. The van der Waals surface area contributed by atoms with Gasteiger partial charge in [-0.25, -0.2) is 4.39 Å². The number of likely N-dealkylation sites (N-methyl/N-ethyl adjacent to an activating group) is 1. The predicted molar refractivity (Wildman–Crippen MR) is 109 cm³/mol. The molecule has 0 saturated heterocycles. The molecule has 3 rings (SSSR count). The first-order valence-corrected chi connectivity index (χ1v) is 9.85. The molecule has 0 radical (unpaired) electrons. The van der Waals surface area contributed by atoms with Crippen molar-refractivity contribution in [1.82, 2.24) is 4.90 Å². The van der Waals surface area contributed by atoms with Crippen LogP contribution in [0.5, 0.6) is 0 Å². The van der Waals surface area contributed by atoms with Gasteiger partial charge in [0.2, 0.25) is 11.8 Å². The first-order valence-electron chi connectivity index (χ1n) is 9.85. The Bertz CT molecular complexity index is 842. The number of carbonyl (C=O) groups is 2. The Morgan fingerprint density at radius 1 is 1.07 bits per heavy atom. The van der Waals surface area contributed by atoms with Crippen molar-refractivity contribution in [2.24, 2.45) is 0 Å². The molecule has 0 unspecified atom stereocenters. The van der Waals surface area contributed by atoms with E-state index in [0.717, 1.165) is 48.9 Å². The highest BCUT2D eigenvalue weighted by Gasteiger charge is 2.44. The number of rotatable bonds is 6. The maximum Gasteiger partial charge on any atom is 0.243 e. The Balaban J connectivity index is 1.73. The number of anilines is 1. The quantitative estimate of drug-likeness (QED) is 0.810. The van der Waals surface area contributed by atoms with E-state index in [1.165, 1.54) is 17.0 Å². The van der Waals surface area contributed by atoms with Gasteiger partial charge in [0.15, 0.2) is 0 Å². The van der Waals surface area contributed by atoms with Crippen molar-refractivity contribution >= 4 is 17.5 Å². The van der Waals surface area contributed by atoms with Crippen molar-refractivity contribution in [2.75, 3.05) is 18.9 Å². The average Bonchev–Trinajstić information content (AvgIpc) is 3.19. The van der Waals surface area contributed by atoms with Crippen molar-refractivity contribution in [3.05, 3.63) is 65.5 Å². The minimum atomic E-state index is -0.663. The molecule has 0 bridgehead atoms. The molecular formula is C23H27FN2O2. The molecule has 148 valence electrons. The van der Waals surface area contributed by atoms with Crippen molar-refractivity contribution in [2.45, 2.75) is 44.4 Å². The SMILES string of the molecule is CCc1ccccc1NC(=O)CN(C)C(=O)C1(c2ccc(F)cc2)CCCC1. The van der Waals surface area contributed by atoms with Gasteiger partial charge in [-0.1, -0.05) is 50.1 Å². The maximum atomic E-state index is 13.4. The monoisotopic (exact) mass is 382 g/mol. The Labute approximate surface area is 165 Å². The van der Waals surface area contributed by atoms with E-state index in [1.807, 2.05) is 31.2 Å². The van der Waals surface area contributed by atoms with Crippen molar-refractivity contribution in [3.63, 3.8) is 0 Å². The van der Waals surface area contributed by atoms with Crippen LogP contribution in [0.3, 0.4) is 0 Å². The third-order valence-corrected chi connectivity index (χ3v) is 5.66. The Morgan fingerprint density at radius 3 is 2.36 bits per heavy atom. The largest absolute Gasteiger partial charge is 0.336 e. The molecule has 0 heterocycles. The lowest BCUT2D eigenvalue weighted by Crippen LogP contribution is -2.46. The van der Waals surface area contributed by atoms with Crippen molar-refractivity contribution in [1.29, 1.82) is 0 Å². The van der Waals surface area contributed by atoms with Gasteiger partial charge in [-0.3, -0.25) is 9.59 Å².